The van der Waals surface area contributed by atoms with E-state index < -0.39 is 6.09 Å². The number of alkyl carbamates (subject to hydrolysis) is 1. The number of rotatable bonds is 8. The van der Waals surface area contributed by atoms with Gasteiger partial charge in [-0.1, -0.05) is 44.2 Å². The smallest absolute Gasteiger partial charge is 0.388 e. The minimum Gasteiger partial charge on any atom is -0.388 e. The van der Waals surface area contributed by atoms with Crippen LogP contribution in [0.4, 0.5) is 4.79 Å². The molecule has 0 saturated carbocycles. The van der Waals surface area contributed by atoms with E-state index in [0.29, 0.717) is 11.5 Å². The Kier molecular flexibility index (Phi) is 7.99. The van der Waals surface area contributed by atoms with Crippen molar-refractivity contribution in [1.82, 2.24) is 10.6 Å². The molecule has 2 amide bonds. The van der Waals surface area contributed by atoms with E-state index in [2.05, 4.69) is 24.5 Å². The molecule has 1 heterocycles. The van der Waals surface area contributed by atoms with Gasteiger partial charge in [0.05, 0.1) is 5.56 Å². The lowest BCUT2D eigenvalue weighted by atomic mass is 10.1. The Morgan fingerprint density at radius 2 is 1.61 bits per heavy atom. The van der Waals surface area contributed by atoms with Gasteiger partial charge < -0.3 is 15.4 Å². The monoisotopic (exact) mass is 384 g/mol. The molecule has 2 aromatic rings. The average Bonchev–Trinajstić information content (AvgIpc) is 2.67. The highest BCUT2D eigenvalue weighted by atomic mass is 16.6. The van der Waals surface area contributed by atoms with Gasteiger partial charge in [0.1, 0.15) is 0 Å². The first-order valence-corrected chi connectivity index (χ1v) is 9.62. The topological polar surface area (TPSA) is 71.3 Å². The summed E-state index contributed by atoms with van der Waals surface area (Å²) in [6.45, 7) is 8.12. The first kappa shape index (κ1) is 21.4. The van der Waals surface area contributed by atoms with E-state index in [1.54, 1.807) is 29.1 Å². The number of nitrogens with zero attached hydrogens (tertiary/aromatic N) is 1. The van der Waals surface area contributed by atoms with Crippen molar-refractivity contribution in [2.45, 2.75) is 52.9 Å². The number of nitrogens with one attached hydrogen (secondary N) is 2. The molecule has 6 nitrogen and oxygen atoms in total. The molecule has 0 saturated heterocycles. The average molecular weight is 385 g/mol. The molecule has 2 atom stereocenters. The molecule has 0 bridgehead atoms. The minimum absolute atomic E-state index is 0.0334. The van der Waals surface area contributed by atoms with Crippen molar-refractivity contribution in [3.05, 3.63) is 66.0 Å². The summed E-state index contributed by atoms with van der Waals surface area (Å²) in [7, 11) is 0. The van der Waals surface area contributed by atoms with Crippen LogP contribution in [0, 0.1) is 5.92 Å². The standard InChI is InChI=1S/C22H29N3O3/c1-16(2)18(4)24-21(26)20-10-12-25(13-11-20)15-28-22(27)23-17(3)14-19-8-6-5-7-9-19/h5-13,16-18H,14-15H2,1-4H3,(H-,23,24,26,27)/p+1/t17-,18+/m0/s1. The molecule has 150 valence electrons. The van der Waals surface area contributed by atoms with Crippen LogP contribution < -0.4 is 15.2 Å². The van der Waals surface area contributed by atoms with E-state index >= 15 is 0 Å². The van der Waals surface area contributed by atoms with Gasteiger partial charge in [0, 0.05) is 24.2 Å². The normalized spacial score (nSPS) is 12.9. The van der Waals surface area contributed by atoms with Crippen LogP contribution in [0.1, 0.15) is 43.6 Å². The van der Waals surface area contributed by atoms with E-state index in [4.69, 9.17) is 4.74 Å². The Morgan fingerprint density at radius 1 is 0.964 bits per heavy atom. The van der Waals surface area contributed by atoms with Crippen molar-refractivity contribution in [3.63, 3.8) is 0 Å². The van der Waals surface area contributed by atoms with Crippen LogP contribution in [0.25, 0.3) is 0 Å². The molecule has 0 aliphatic heterocycles. The molecule has 1 aromatic carbocycles. The predicted molar refractivity (Wildman–Crippen MR) is 108 cm³/mol. The Labute approximate surface area is 166 Å². The molecule has 1 aromatic heterocycles. The molecule has 0 radical (unpaired) electrons. The van der Waals surface area contributed by atoms with Gasteiger partial charge in [-0.05, 0) is 31.7 Å². The number of pyridine rings is 1. The molecule has 0 aliphatic rings. The maximum absolute atomic E-state index is 12.2. The largest absolute Gasteiger partial charge is 0.412 e. The molecular formula is C22H30N3O3+. The van der Waals surface area contributed by atoms with Crippen molar-refractivity contribution in [2.75, 3.05) is 0 Å². The number of hydrogen-bond donors (Lipinski definition) is 2. The number of aromatic nitrogens is 1. The zero-order valence-electron chi connectivity index (χ0n) is 17.0. The highest BCUT2D eigenvalue weighted by molar-refractivity contribution is 5.94. The Bertz CT molecular complexity index is 760. The fourth-order valence-electron chi connectivity index (χ4n) is 2.55. The third-order valence-electron chi connectivity index (χ3n) is 4.61. The highest BCUT2D eigenvalue weighted by Gasteiger charge is 2.15. The second kappa shape index (κ2) is 10.4. The van der Waals surface area contributed by atoms with Crippen LogP contribution in [0.3, 0.4) is 0 Å². The maximum atomic E-state index is 12.2. The minimum atomic E-state index is -0.469. The summed E-state index contributed by atoms with van der Waals surface area (Å²) in [5, 5.41) is 5.78. The molecule has 0 spiro atoms. The summed E-state index contributed by atoms with van der Waals surface area (Å²) in [4.78, 5) is 24.2. The molecular weight excluding hydrogens is 354 g/mol. The number of benzene rings is 1. The molecule has 28 heavy (non-hydrogen) atoms. The van der Waals surface area contributed by atoms with Crippen LogP contribution in [-0.4, -0.2) is 24.1 Å². The summed E-state index contributed by atoms with van der Waals surface area (Å²) in [5.41, 5.74) is 1.73. The van der Waals surface area contributed by atoms with Gasteiger partial charge in [0.2, 0.25) is 0 Å². The van der Waals surface area contributed by atoms with Gasteiger partial charge in [-0.2, -0.15) is 4.57 Å². The SMILES string of the molecule is CC(C)[C@@H](C)NC(=O)c1cc[n+](COC(=O)N[C@@H](C)Cc2ccccc2)cc1. The summed E-state index contributed by atoms with van der Waals surface area (Å²) >= 11 is 0. The molecule has 2 rings (SSSR count). The predicted octanol–water partition coefficient (Wildman–Crippen LogP) is 3.06. The number of carbonyl (C=O) groups excluding carboxylic acids is 2. The van der Waals surface area contributed by atoms with Gasteiger partial charge in [-0.3, -0.25) is 4.79 Å². The van der Waals surface area contributed by atoms with E-state index in [1.807, 2.05) is 44.2 Å². The fraction of sp³-hybridized carbons (Fsp3) is 0.409. The number of ether oxygens (including phenoxy) is 1. The van der Waals surface area contributed by atoms with Crippen LogP contribution in [0.2, 0.25) is 0 Å². The summed E-state index contributed by atoms with van der Waals surface area (Å²) in [6.07, 6.45) is 3.70. The Hall–Kier alpha value is -2.89. The lowest BCUT2D eigenvalue weighted by Gasteiger charge is -2.17. The first-order chi connectivity index (χ1) is 13.3. The number of hydrogen-bond acceptors (Lipinski definition) is 3. The summed E-state index contributed by atoms with van der Waals surface area (Å²) in [6, 6.07) is 13.5. The molecule has 2 N–H and O–H groups in total. The lowest BCUT2D eigenvalue weighted by Crippen LogP contribution is -2.41. The van der Waals surface area contributed by atoms with Gasteiger partial charge in [-0.25, -0.2) is 4.79 Å². The Morgan fingerprint density at radius 3 is 2.21 bits per heavy atom. The Balaban J connectivity index is 1.77. The van der Waals surface area contributed by atoms with E-state index in [9.17, 15) is 9.59 Å². The molecule has 0 aliphatic carbocycles. The van der Waals surface area contributed by atoms with Crippen molar-refractivity contribution >= 4 is 12.0 Å². The van der Waals surface area contributed by atoms with Gasteiger partial charge in [-0.15, -0.1) is 0 Å². The van der Waals surface area contributed by atoms with Crippen molar-refractivity contribution in [2.24, 2.45) is 5.92 Å². The first-order valence-electron chi connectivity index (χ1n) is 9.62. The number of carbonyl (C=O) groups is 2. The van der Waals surface area contributed by atoms with Crippen LogP contribution in [-0.2, 0) is 17.9 Å². The van der Waals surface area contributed by atoms with E-state index in [1.165, 1.54) is 0 Å². The second-order valence-electron chi connectivity index (χ2n) is 7.40. The quantitative estimate of drug-likeness (QED) is 0.687. The van der Waals surface area contributed by atoms with Crippen LogP contribution in [0.5, 0.6) is 0 Å². The summed E-state index contributed by atoms with van der Waals surface area (Å²) in [5.74, 6) is 0.260. The van der Waals surface area contributed by atoms with E-state index in [0.717, 1.165) is 12.0 Å². The highest BCUT2D eigenvalue weighted by Crippen LogP contribution is 2.04. The summed E-state index contributed by atoms with van der Waals surface area (Å²) < 4.78 is 6.94. The molecule has 0 unspecified atom stereocenters. The van der Waals surface area contributed by atoms with Crippen molar-refractivity contribution in [3.8, 4) is 0 Å². The fourth-order valence-corrected chi connectivity index (χ4v) is 2.55. The number of amides is 2. The third kappa shape index (κ3) is 7.02. The third-order valence-corrected chi connectivity index (χ3v) is 4.61. The molecule has 6 heteroatoms. The molecule has 0 fully saturated rings. The van der Waals surface area contributed by atoms with Crippen LogP contribution >= 0.6 is 0 Å². The van der Waals surface area contributed by atoms with Crippen LogP contribution in [0.15, 0.2) is 54.9 Å². The van der Waals surface area contributed by atoms with Gasteiger partial charge in [0.25, 0.3) is 12.6 Å². The van der Waals surface area contributed by atoms with Crippen molar-refractivity contribution in [1.29, 1.82) is 0 Å². The van der Waals surface area contributed by atoms with E-state index in [-0.39, 0.29) is 24.7 Å². The lowest BCUT2D eigenvalue weighted by molar-refractivity contribution is -0.727. The van der Waals surface area contributed by atoms with Gasteiger partial charge in [0.15, 0.2) is 12.4 Å². The maximum Gasteiger partial charge on any atom is 0.412 e. The van der Waals surface area contributed by atoms with Gasteiger partial charge >= 0.3 is 6.09 Å². The van der Waals surface area contributed by atoms with Crippen molar-refractivity contribution < 1.29 is 18.9 Å². The second-order valence-corrected chi connectivity index (χ2v) is 7.40. The zero-order valence-corrected chi connectivity index (χ0v) is 17.0. The zero-order chi connectivity index (χ0) is 20.5.